The summed E-state index contributed by atoms with van der Waals surface area (Å²) in [7, 11) is -3.78. The van der Waals surface area contributed by atoms with Gasteiger partial charge in [-0.05, 0) is 41.1 Å². The smallest absolute Gasteiger partial charge is 0.307 e. The minimum absolute atomic E-state index is 0.0215. The summed E-state index contributed by atoms with van der Waals surface area (Å²) in [5, 5.41) is 9.23. The average molecular weight is 371 g/mol. The number of carbonyl (C=O) groups is 1. The van der Waals surface area contributed by atoms with E-state index in [1.165, 1.54) is 32.0 Å². The maximum atomic E-state index is 12.1. The Hall–Kier alpha value is -0.630. The third-order valence-electron chi connectivity index (χ3n) is 2.68. The molecule has 1 rings (SSSR count). The Morgan fingerprint density at radius 2 is 2.00 bits per heavy atom. The summed E-state index contributed by atoms with van der Waals surface area (Å²) in [6.45, 7) is 2.94. The van der Waals surface area contributed by atoms with Crippen molar-refractivity contribution < 1.29 is 18.3 Å². The molecule has 0 bridgehead atoms. The van der Waals surface area contributed by atoms with Crippen LogP contribution in [0.15, 0.2) is 27.6 Å². The molecule has 5 nitrogen and oxygen atoms in total. The Morgan fingerprint density at radius 3 is 2.47 bits per heavy atom. The first kappa shape index (κ1) is 16.4. The quantitative estimate of drug-likeness (QED) is 0.834. The van der Waals surface area contributed by atoms with E-state index in [9.17, 15) is 13.2 Å². The molecule has 0 fully saturated rings. The second-order valence-electron chi connectivity index (χ2n) is 4.11. The van der Waals surface area contributed by atoms with E-state index in [1.807, 2.05) is 0 Å². The standard InChI is InChI=1S/C11H13BrClNO4S/c1-6(11(15)16)7(2)14-19(17,18)8-3-4-10(13)9(12)5-8/h3-7,14H,1-2H3,(H,15,16). The van der Waals surface area contributed by atoms with Crippen molar-refractivity contribution in [1.29, 1.82) is 0 Å². The molecular weight excluding hydrogens is 358 g/mol. The van der Waals surface area contributed by atoms with Gasteiger partial charge < -0.3 is 5.11 Å². The summed E-state index contributed by atoms with van der Waals surface area (Å²) in [5.74, 6) is -1.89. The van der Waals surface area contributed by atoms with E-state index in [4.69, 9.17) is 16.7 Å². The van der Waals surface area contributed by atoms with Crippen LogP contribution in [-0.2, 0) is 14.8 Å². The van der Waals surface area contributed by atoms with Gasteiger partial charge >= 0.3 is 5.97 Å². The topological polar surface area (TPSA) is 83.5 Å². The number of benzene rings is 1. The predicted octanol–water partition coefficient (Wildman–Crippen LogP) is 2.49. The van der Waals surface area contributed by atoms with E-state index in [2.05, 4.69) is 20.7 Å². The molecule has 0 aliphatic heterocycles. The average Bonchev–Trinajstić information content (AvgIpc) is 2.30. The SMILES string of the molecule is CC(NS(=O)(=O)c1ccc(Cl)c(Br)c1)C(C)C(=O)O. The van der Waals surface area contributed by atoms with Gasteiger partial charge in [-0.2, -0.15) is 0 Å². The molecule has 0 heterocycles. The highest BCUT2D eigenvalue weighted by atomic mass is 79.9. The van der Waals surface area contributed by atoms with Gasteiger partial charge in [0.05, 0.1) is 15.8 Å². The van der Waals surface area contributed by atoms with Crippen LogP contribution in [-0.4, -0.2) is 25.5 Å². The van der Waals surface area contributed by atoms with E-state index >= 15 is 0 Å². The molecule has 0 saturated carbocycles. The zero-order valence-electron chi connectivity index (χ0n) is 10.2. The first-order chi connectivity index (χ1) is 8.65. The summed E-state index contributed by atoms with van der Waals surface area (Å²) in [5.41, 5.74) is 0. The Balaban J connectivity index is 2.98. The lowest BCUT2D eigenvalue weighted by atomic mass is 10.1. The van der Waals surface area contributed by atoms with Crippen molar-refractivity contribution in [2.75, 3.05) is 0 Å². The van der Waals surface area contributed by atoms with Gasteiger partial charge in [-0.25, -0.2) is 13.1 Å². The Bertz CT molecular complexity index is 590. The van der Waals surface area contributed by atoms with Crippen LogP contribution in [0.1, 0.15) is 13.8 Å². The fraction of sp³-hybridized carbons (Fsp3) is 0.364. The molecular formula is C11H13BrClNO4S. The fourth-order valence-electron chi connectivity index (χ4n) is 1.27. The number of hydrogen-bond acceptors (Lipinski definition) is 3. The van der Waals surface area contributed by atoms with Crippen LogP contribution < -0.4 is 4.72 Å². The van der Waals surface area contributed by atoms with Gasteiger partial charge in [0.25, 0.3) is 0 Å². The van der Waals surface area contributed by atoms with Gasteiger partial charge in [0.2, 0.25) is 10.0 Å². The largest absolute Gasteiger partial charge is 0.481 e. The second-order valence-corrected chi connectivity index (χ2v) is 7.09. The molecule has 0 spiro atoms. The third kappa shape index (κ3) is 4.17. The summed E-state index contributed by atoms with van der Waals surface area (Å²) in [6, 6.07) is 3.44. The van der Waals surface area contributed by atoms with Crippen molar-refractivity contribution in [3.63, 3.8) is 0 Å². The number of halogens is 2. The number of carboxylic acids is 1. The van der Waals surface area contributed by atoms with Gasteiger partial charge in [-0.1, -0.05) is 18.5 Å². The molecule has 8 heteroatoms. The normalized spacial score (nSPS) is 14.9. The van der Waals surface area contributed by atoms with Crippen LogP contribution in [0, 0.1) is 5.92 Å². The van der Waals surface area contributed by atoms with E-state index in [-0.39, 0.29) is 4.90 Å². The van der Waals surface area contributed by atoms with Gasteiger partial charge in [0.15, 0.2) is 0 Å². The summed E-state index contributed by atoms with van der Waals surface area (Å²) in [6.07, 6.45) is 0. The molecule has 1 aromatic rings. The fourth-order valence-corrected chi connectivity index (χ4v) is 3.27. The zero-order valence-corrected chi connectivity index (χ0v) is 13.4. The van der Waals surface area contributed by atoms with Crippen molar-refractivity contribution in [2.45, 2.75) is 24.8 Å². The highest BCUT2D eigenvalue weighted by molar-refractivity contribution is 9.10. The molecule has 0 amide bonds. The molecule has 2 unspecified atom stereocenters. The van der Waals surface area contributed by atoms with Crippen molar-refractivity contribution in [3.05, 3.63) is 27.7 Å². The number of carboxylic acid groups (broad SMARTS) is 1. The minimum Gasteiger partial charge on any atom is -0.481 e. The van der Waals surface area contributed by atoms with Crippen molar-refractivity contribution in [3.8, 4) is 0 Å². The van der Waals surface area contributed by atoms with Crippen molar-refractivity contribution >= 4 is 43.5 Å². The molecule has 0 aliphatic rings. The minimum atomic E-state index is -3.78. The van der Waals surface area contributed by atoms with E-state index < -0.39 is 28.0 Å². The van der Waals surface area contributed by atoms with Crippen LogP contribution >= 0.6 is 27.5 Å². The molecule has 2 N–H and O–H groups in total. The van der Waals surface area contributed by atoms with E-state index in [0.717, 1.165) is 0 Å². The number of rotatable bonds is 5. The lowest BCUT2D eigenvalue weighted by Gasteiger charge is -2.18. The Morgan fingerprint density at radius 1 is 1.42 bits per heavy atom. The summed E-state index contributed by atoms with van der Waals surface area (Å²) < 4.78 is 26.9. The molecule has 0 radical (unpaired) electrons. The maximum absolute atomic E-state index is 12.1. The summed E-state index contributed by atoms with van der Waals surface area (Å²) >= 11 is 8.93. The molecule has 19 heavy (non-hydrogen) atoms. The second kappa shape index (κ2) is 6.21. The first-order valence-electron chi connectivity index (χ1n) is 5.35. The van der Waals surface area contributed by atoms with Crippen molar-refractivity contribution in [2.24, 2.45) is 5.92 Å². The number of aliphatic carboxylic acids is 1. The predicted molar refractivity (Wildman–Crippen MR) is 75.7 cm³/mol. The van der Waals surface area contributed by atoms with E-state index in [0.29, 0.717) is 9.50 Å². The molecule has 0 aliphatic carbocycles. The highest BCUT2D eigenvalue weighted by Crippen LogP contribution is 2.25. The van der Waals surface area contributed by atoms with Gasteiger partial charge in [-0.15, -0.1) is 0 Å². The number of sulfonamides is 1. The monoisotopic (exact) mass is 369 g/mol. The van der Waals surface area contributed by atoms with Crippen molar-refractivity contribution in [1.82, 2.24) is 4.72 Å². The number of nitrogens with one attached hydrogen (secondary N) is 1. The van der Waals surface area contributed by atoms with Gasteiger partial charge in [-0.3, -0.25) is 4.79 Å². The molecule has 2 atom stereocenters. The summed E-state index contributed by atoms with van der Waals surface area (Å²) in [4.78, 5) is 10.8. The van der Waals surface area contributed by atoms with Crippen LogP contribution in [0.25, 0.3) is 0 Å². The zero-order chi connectivity index (χ0) is 14.8. The lowest BCUT2D eigenvalue weighted by Crippen LogP contribution is -2.39. The van der Waals surface area contributed by atoms with Crippen LogP contribution in [0.3, 0.4) is 0 Å². The highest BCUT2D eigenvalue weighted by Gasteiger charge is 2.25. The molecule has 1 aromatic carbocycles. The van der Waals surface area contributed by atoms with Crippen LogP contribution in [0.2, 0.25) is 5.02 Å². The van der Waals surface area contributed by atoms with Gasteiger partial charge in [0, 0.05) is 10.5 Å². The third-order valence-corrected chi connectivity index (χ3v) is 5.45. The maximum Gasteiger partial charge on any atom is 0.307 e. The number of hydrogen-bond donors (Lipinski definition) is 2. The van der Waals surface area contributed by atoms with Crippen LogP contribution in [0.4, 0.5) is 0 Å². The molecule has 0 aromatic heterocycles. The molecule has 0 saturated heterocycles. The van der Waals surface area contributed by atoms with E-state index in [1.54, 1.807) is 0 Å². The van der Waals surface area contributed by atoms with Crippen LogP contribution in [0.5, 0.6) is 0 Å². The Labute approximate surface area is 125 Å². The first-order valence-corrected chi connectivity index (χ1v) is 8.00. The van der Waals surface area contributed by atoms with Gasteiger partial charge in [0.1, 0.15) is 0 Å². The molecule has 106 valence electrons. The lowest BCUT2D eigenvalue weighted by molar-refractivity contribution is -0.141. The Kier molecular flexibility index (Phi) is 5.37.